The number of rotatable bonds is 6. The highest BCUT2D eigenvalue weighted by atomic mass is 35.5. The fraction of sp³-hybridized carbons (Fsp3) is 0.233. The average molecular weight is 513 g/mol. The van der Waals surface area contributed by atoms with Crippen molar-refractivity contribution in [3.63, 3.8) is 0 Å². The van der Waals surface area contributed by atoms with E-state index >= 15 is 0 Å². The number of fused-ring (bicyclic) bond motifs is 1. The minimum Gasteiger partial charge on any atom is -0.372 e. The van der Waals surface area contributed by atoms with E-state index in [9.17, 15) is 9.59 Å². The number of hydrogen-bond acceptors (Lipinski definition) is 4. The number of anilines is 1. The first-order valence-electron chi connectivity index (χ1n) is 12.5. The van der Waals surface area contributed by atoms with Crippen LogP contribution >= 0.6 is 11.6 Å². The number of amides is 1. The van der Waals surface area contributed by atoms with Crippen molar-refractivity contribution in [3.05, 3.63) is 99.3 Å². The molecule has 0 unspecified atom stereocenters. The van der Waals surface area contributed by atoms with Crippen LogP contribution in [-0.4, -0.2) is 34.7 Å². The maximum atomic E-state index is 13.5. The van der Waals surface area contributed by atoms with Crippen LogP contribution in [-0.2, 0) is 4.79 Å². The Kier molecular flexibility index (Phi) is 6.85. The third-order valence-corrected chi connectivity index (χ3v) is 7.20. The predicted octanol–water partition coefficient (Wildman–Crippen LogP) is 6.39. The molecular formula is C30H29ClN4O2. The Labute approximate surface area is 221 Å². The number of carbonyl (C=O) groups excluding carboxylic acids is 1. The van der Waals surface area contributed by atoms with Gasteiger partial charge in [-0.1, -0.05) is 54.1 Å². The van der Waals surface area contributed by atoms with E-state index in [2.05, 4.69) is 48.0 Å². The number of aromatic amines is 1. The largest absolute Gasteiger partial charge is 0.372 e. The summed E-state index contributed by atoms with van der Waals surface area (Å²) in [4.78, 5) is 31.5. The van der Waals surface area contributed by atoms with Gasteiger partial charge in [0, 0.05) is 53.6 Å². The van der Waals surface area contributed by atoms with Crippen LogP contribution in [0.15, 0.2) is 82.7 Å². The predicted molar refractivity (Wildman–Crippen MR) is 151 cm³/mol. The maximum Gasteiger partial charge on any atom is 0.258 e. The lowest BCUT2D eigenvalue weighted by Gasteiger charge is -2.23. The Morgan fingerprint density at radius 1 is 1.03 bits per heavy atom. The van der Waals surface area contributed by atoms with E-state index in [1.807, 2.05) is 42.5 Å². The molecule has 0 bridgehead atoms. The normalized spacial score (nSPS) is 15.2. The SMILES string of the molecule is CCN(CC)c1ccc([C@@H]2CC(c3c(-c4ccccc4)c4cc(Cl)ccc4[nH]c3=O)=NN2C(C)=O)cc1. The molecule has 0 fully saturated rings. The number of hydrazone groups is 1. The van der Waals surface area contributed by atoms with Crippen molar-refractivity contribution in [2.75, 3.05) is 18.0 Å². The van der Waals surface area contributed by atoms with Crippen molar-refractivity contribution >= 4 is 39.8 Å². The summed E-state index contributed by atoms with van der Waals surface area (Å²) in [5.74, 6) is -0.172. The van der Waals surface area contributed by atoms with Crippen LogP contribution in [0.2, 0.25) is 5.02 Å². The number of hydrogen-bond donors (Lipinski definition) is 1. The third kappa shape index (κ3) is 4.65. The molecule has 7 heteroatoms. The van der Waals surface area contributed by atoms with Crippen molar-refractivity contribution in [2.24, 2.45) is 5.10 Å². The first-order valence-corrected chi connectivity index (χ1v) is 12.9. The molecule has 37 heavy (non-hydrogen) atoms. The van der Waals surface area contributed by atoms with Gasteiger partial charge in [0.25, 0.3) is 5.56 Å². The summed E-state index contributed by atoms with van der Waals surface area (Å²) in [6, 6.07) is 23.2. The Hall–Kier alpha value is -3.90. The second kappa shape index (κ2) is 10.2. The lowest BCUT2D eigenvalue weighted by molar-refractivity contribution is -0.130. The van der Waals surface area contributed by atoms with Gasteiger partial charge in [0.05, 0.1) is 17.3 Å². The van der Waals surface area contributed by atoms with E-state index in [0.717, 1.165) is 40.9 Å². The van der Waals surface area contributed by atoms with Gasteiger partial charge in [0.15, 0.2) is 0 Å². The van der Waals surface area contributed by atoms with Crippen molar-refractivity contribution in [1.29, 1.82) is 0 Å². The molecule has 1 atom stereocenters. The Bertz CT molecular complexity index is 1540. The second-order valence-electron chi connectivity index (χ2n) is 9.15. The minimum absolute atomic E-state index is 0.172. The van der Waals surface area contributed by atoms with Crippen LogP contribution in [0, 0.1) is 0 Å². The van der Waals surface area contributed by atoms with E-state index < -0.39 is 0 Å². The summed E-state index contributed by atoms with van der Waals surface area (Å²) in [5.41, 5.74) is 5.27. The first kappa shape index (κ1) is 24.8. The number of H-pyrrole nitrogens is 1. The number of benzene rings is 3. The van der Waals surface area contributed by atoms with Gasteiger partial charge in [-0.25, -0.2) is 5.01 Å². The van der Waals surface area contributed by atoms with Crippen molar-refractivity contribution in [1.82, 2.24) is 9.99 Å². The molecule has 188 valence electrons. The molecule has 0 aliphatic carbocycles. The Balaban J connectivity index is 1.64. The van der Waals surface area contributed by atoms with E-state index in [1.165, 1.54) is 11.9 Å². The van der Waals surface area contributed by atoms with E-state index in [4.69, 9.17) is 16.7 Å². The van der Waals surface area contributed by atoms with Crippen LogP contribution in [0.3, 0.4) is 0 Å². The average Bonchev–Trinajstić information content (AvgIpc) is 3.35. The summed E-state index contributed by atoms with van der Waals surface area (Å²) < 4.78 is 0. The lowest BCUT2D eigenvalue weighted by Crippen LogP contribution is -2.25. The van der Waals surface area contributed by atoms with E-state index in [0.29, 0.717) is 28.2 Å². The van der Waals surface area contributed by atoms with Gasteiger partial charge in [-0.3, -0.25) is 9.59 Å². The number of carbonyl (C=O) groups is 1. The molecule has 3 aromatic carbocycles. The second-order valence-corrected chi connectivity index (χ2v) is 9.59. The summed E-state index contributed by atoms with van der Waals surface area (Å²) in [7, 11) is 0. The third-order valence-electron chi connectivity index (χ3n) is 6.97. The molecule has 1 aliphatic rings. The van der Waals surface area contributed by atoms with Gasteiger partial charge in [-0.05, 0) is 55.3 Å². The van der Waals surface area contributed by atoms with Crippen LogP contribution in [0.5, 0.6) is 0 Å². The zero-order chi connectivity index (χ0) is 26.1. The molecule has 1 aromatic heterocycles. The molecule has 2 heterocycles. The van der Waals surface area contributed by atoms with E-state index in [1.54, 1.807) is 6.07 Å². The molecule has 0 saturated heterocycles. The topological polar surface area (TPSA) is 68.8 Å². The van der Waals surface area contributed by atoms with Crippen molar-refractivity contribution in [3.8, 4) is 11.1 Å². The quantitative estimate of drug-likeness (QED) is 0.325. The Morgan fingerprint density at radius 2 is 1.73 bits per heavy atom. The highest BCUT2D eigenvalue weighted by Crippen LogP contribution is 2.37. The molecule has 1 amide bonds. The van der Waals surface area contributed by atoms with Gasteiger partial charge >= 0.3 is 0 Å². The highest BCUT2D eigenvalue weighted by Gasteiger charge is 2.34. The highest BCUT2D eigenvalue weighted by molar-refractivity contribution is 6.31. The molecule has 0 radical (unpaired) electrons. The lowest BCUT2D eigenvalue weighted by atomic mass is 9.91. The fourth-order valence-corrected chi connectivity index (χ4v) is 5.32. The van der Waals surface area contributed by atoms with Crippen LogP contribution < -0.4 is 10.5 Å². The number of aromatic nitrogens is 1. The minimum atomic E-state index is -0.295. The molecule has 5 rings (SSSR count). The summed E-state index contributed by atoms with van der Waals surface area (Å²) >= 11 is 6.38. The van der Waals surface area contributed by atoms with Gasteiger partial charge in [-0.15, -0.1) is 0 Å². The van der Waals surface area contributed by atoms with Crippen LogP contribution in [0.4, 0.5) is 5.69 Å². The first-order chi connectivity index (χ1) is 17.9. The fourth-order valence-electron chi connectivity index (χ4n) is 5.15. The molecule has 1 aliphatic heterocycles. The van der Waals surface area contributed by atoms with Crippen molar-refractivity contribution < 1.29 is 4.79 Å². The summed E-state index contributed by atoms with van der Waals surface area (Å²) in [6.45, 7) is 7.60. The van der Waals surface area contributed by atoms with Gasteiger partial charge < -0.3 is 9.88 Å². The summed E-state index contributed by atoms with van der Waals surface area (Å²) in [6.07, 6.45) is 0.430. The van der Waals surface area contributed by atoms with Gasteiger partial charge in [0.2, 0.25) is 5.91 Å². The standard InChI is InChI=1S/C30H29ClN4O2/c1-4-34(5-2)23-14-11-20(12-15-23)27-18-26(33-35(27)19(3)36)29-28(21-9-7-6-8-10-21)24-17-22(31)13-16-25(24)32-30(29)37/h6-17,27H,4-5,18H2,1-3H3,(H,32,37)/t27-/m0/s1. The smallest absolute Gasteiger partial charge is 0.258 e. The summed E-state index contributed by atoms with van der Waals surface area (Å²) in [5, 5.41) is 7.62. The number of nitrogens with zero attached hydrogens (tertiary/aromatic N) is 3. The molecule has 4 aromatic rings. The molecular weight excluding hydrogens is 484 g/mol. The zero-order valence-electron chi connectivity index (χ0n) is 21.2. The van der Waals surface area contributed by atoms with Crippen LogP contribution in [0.25, 0.3) is 22.0 Å². The van der Waals surface area contributed by atoms with Crippen LogP contribution in [0.1, 0.15) is 44.4 Å². The molecule has 1 N–H and O–H groups in total. The molecule has 6 nitrogen and oxygen atoms in total. The number of nitrogens with one attached hydrogen (secondary N) is 1. The monoisotopic (exact) mass is 512 g/mol. The number of halogens is 1. The maximum absolute atomic E-state index is 13.5. The number of pyridine rings is 1. The van der Waals surface area contributed by atoms with E-state index in [-0.39, 0.29) is 17.5 Å². The zero-order valence-corrected chi connectivity index (χ0v) is 21.9. The van der Waals surface area contributed by atoms with Gasteiger partial charge in [0.1, 0.15) is 0 Å². The molecule has 0 saturated carbocycles. The molecule has 0 spiro atoms. The van der Waals surface area contributed by atoms with Crippen molar-refractivity contribution in [2.45, 2.75) is 33.2 Å². The van der Waals surface area contributed by atoms with Gasteiger partial charge in [-0.2, -0.15) is 5.10 Å². The Morgan fingerprint density at radius 3 is 2.38 bits per heavy atom.